The lowest BCUT2D eigenvalue weighted by molar-refractivity contribution is -0.136. The van der Waals surface area contributed by atoms with Gasteiger partial charge in [0.1, 0.15) is 5.82 Å². The Labute approximate surface area is 152 Å². The van der Waals surface area contributed by atoms with Crippen LogP contribution in [-0.4, -0.2) is 16.8 Å². The summed E-state index contributed by atoms with van der Waals surface area (Å²) in [5.41, 5.74) is 2.74. The first kappa shape index (κ1) is 17.4. The van der Waals surface area contributed by atoms with Crippen LogP contribution in [0.15, 0.2) is 79.0 Å². The van der Waals surface area contributed by atoms with E-state index < -0.39 is 17.9 Å². The summed E-state index contributed by atoms with van der Waals surface area (Å²) in [7, 11) is 0. The van der Waals surface area contributed by atoms with Crippen LogP contribution >= 0.6 is 0 Å². The van der Waals surface area contributed by atoms with E-state index in [1.807, 2.05) is 73.7 Å². The highest BCUT2D eigenvalue weighted by Gasteiger charge is 2.21. The number of hydrogen-bond donors (Lipinski definition) is 2. The van der Waals surface area contributed by atoms with Crippen LogP contribution < -0.4 is 10.6 Å². The summed E-state index contributed by atoms with van der Waals surface area (Å²) in [5.74, 6) is -1.12. The van der Waals surface area contributed by atoms with Crippen LogP contribution in [0.4, 0.5) is 5.82 Å². The summed E-state index contributed by atoms with van der Waals surface area (Å²) >= 11 is 0. The molecule has 0 aliphatic rings. The Hall–Kier alpha value is -3.47. The Morgan fingerprint density at radius 1 is 0.846 bits per heavy atom. The number of rotatable bonds is 4. The van der Waals surface area contributed by atoms with Crippen LogP contribution in [0, 0.1) is 6.92 Å². The van der Waals surface area contributed by atoms with E-state index in [1.165, 1.54) is 0 Å². The smallest absolute Gasteiger partial charge is 0.314 e. The van der Waals surface area contributed by atoms with E-state index in [0.717, 1.165) is 16.7 Å². The van der Waals surface area contributed by atoms with E-state index in [9.17, 15) is 9.59 Å². The van der Waals surface area contributed by atoms with Gasteiger partial charge >= 0.3 is 11.8 Å². The van der Waals surface area contributed by atoms with Crippen molar-refractivity contribution in [3.63, 3.8) is 0 Å². The second-order valence-electron chi connectivity index (χ2n) is 5.90. The molecule has 0 aliphatic carbocycles. The van der Waals surface area contributed by atoms with Crippen LogP contribution in [0.3, 0.4) is 0 Å². The molecule has 0 atom stereocenters. The average molecular weight is 345 g/mol. The fourth-order valence-corrected chi connectivity index (χ4v) is 2.62. The van der Waals surface area contributed by atoms with Gasteiger partial charge in [-0.25, -0.2) is 4.98 Å². The zero-order chi connectivity index (χ0) is 18.4. The van der Waals surface area contributed by atoms with Crippen molar-refractivity contribution < 1.29 is 9.59 Å². The normalized spacial score (nSPS) is 10.4. The molecular formula is C21H19N3O2. The molecule has 1 heterocycles. The monoisotopic (exact) mass is 345 g/mol. The van der Waals surface area contributed by atoms with Gasteiger partial charge in [-0.05, 0) is 35.7 Å². The molecule has 0 fully saturated rings. The maximum Gasteiger partial charge on any atom is 0.314 e. The van der Waals surface area contributed by atoms with E-state index in [-0.39, 0.29) is 0 Å². The van der Waals surface area contributed by atoms with Gasteiger partial charge in [0.2, 0.25) is 0 Å². The number of anilines is 1. The Kier molecular flexibility index (Phi) is 5.39. The van der Waals surface area contributed by atoms with Gasteiger partial charge in [-0.15, -0.1) is 0 Å². The van der Waals surface area contributed by atoms with Gasteiger partial charge in [-0.1, -0.05) is 60.7 Å². The standard InChI is InChI=1S/C21H19N3O2/c1-15-12-13-22-18(14-15)23-20(25)21(26)24-19(16-8-4-2-5-9-16)17-10-6-3-7-11-17/h2-14,19H,1H3,(H,24,26)(H,22,23,25). The molecule has 5 heteroatoms. The molecule has 0 saturated heterocycles. The number of aromatic nitrogens is 1. The first-order chi connectivity index (χ1) is 12.6. The van der Waals surface area contributed by atoms with Crippen LogP contribution in [0.2, 0.25) is 0 Å². The van der Waals surface area contributed by atoms with Gasteiger partial charge < -0.3 is 10.6 Å². The zero-order valence-corrected chi connectivity index (χ0v) is 14.3. The Morgan fingerprint density at radius 3 is 1.96 bits per heavy atom. The molecule has 26 heavy (non-hydrogen) atoms. The fourth-order valence-electron chi connectivity index (χ4n) is 2.62. The molecule has 2 amide bonds. The Morgan fingerprint density at radius 2 is 1.42 bits per heavy atom. The van der Waals surface area contributed by atoms with Crippen molar-refractivity contribution in [2.75, 3.05) is 5.32 Å². The summed E-state index contributed by atoms with van der Waals surface area (Å²) < 4.78 is 0. The Balaban J connectivity index is 1.78. The number of carbonyl (C=O) groups is 2. The molecule has 1 aromatic heterocycles. The quantitative estimate of drug-likeness (QED) is 0.713. The van der Waals surface area contributed by atoms with Crippen molar-refractivity contribution in [3.05, 3.63) is 95.7 Å². The Bertz CT molecular complexity index is 856. The zero-order valence-electron chi connectivity index (χ0n) is 14.3. The predicted octanol–water partition coefficient (Wildman–Crippen LogP) is 3.23. The molecule has 2 aromatic carbocycles. The van der Waals surface area contributed by atoms with Gasteiger partial charge in [-0.2, -0.15) is 0 Å². The van der Waals surface area contributed by atoms with Crippen LogP contribution in [0.1, 0.15) is 22.7 Å². The second kappa shape index (κ2) is 8.07. The number of carbonyl (C=O) groups excluding carboxylic acids is 2. The predicted molar refractivity (Wildman–Crippen MR) is 100 cm³/mol. The fraction of sp³-hybridized carbons (Fsp3) is 0.0952. The highest BCUT2D eigenvalue weighted by atomic mass is 16.2. The maximum atomic E-state index is 12.4. The van der Waals surface area contributed by atoms with Gasteiger partial charge in [0, 0.05) is 6.20 Å². The van der Waals surface area contributed by atoms with Gasteiger partial charge in [0.15, 0.2) is 0 Å². The number of pyridine rings is 1. The summed E-state index contributed by atoms with van der Waals surface area (Å²) in [6.45, 7) is 1.89. The molecule has 0 aliphatic heterocycles. The molecule has 0 spiro atoms. The van der Waals surface area contributed by atoms with E-state index in [1.54, 1.807) is 12.3 Å². The number of nitrogens with one attached hydrogen (secondary N) is 2. The van der Waals surface area contributed by atoms with E-state index >= 15 is 0 Å². The largest absolute Gasteiger partial charge is 0.337 e. The second-order valence-corrected chi connectivity index (χ2v) is 5.90. The summed E-state index contributed by atoms with van der Waals surface area (Å²) in [5, 5.41) is 5.33. The van der Waals surface area contributed by atoms with Gasteiger partial charge in [0.05, 0.1) is 6.04 Å². The topological polar surface area (TPSA) is 71.1 Å². The van der Waals surface area contributed by atoms with Crippen LogP contribution in [0.5, 0.6) is 0 Å². The molecule has 0 saturated carbocycles. The van der Waals surface area contributed by atoms with E-state index in [2.05, 4.69) is 15.6 Å². The number of amides is 2. The van der Waals surface area contributed by atoms with E-state index in [4.69, 9.17) is 0 Å². The molecule has 0 bridgehead atoms. The van der Waals surface area contributed by atoms with Crippen molar-refractivity contribution in [1.29, 1.82) is 0 Å². The van der Waals surface area contributed by atoms with Crippen LogP contribution in [0.25, 0.3) is 0 Å². The molecule has 0 unspecified atom stereocenters. The molecule has 3 aromatic rings. The highest BCUT2D eigenvalue weighted by molar-refractivity contribution is 6.39. The average Bonchev–Trinajstić information content (AvgIpc) is 2.67. The lowest BCUT2D eigenvalue weighted by Gasteiger charge is -2.19. The van der Waals surface area contributed by atoms with E-state index in [0.29, 0.717) is 5.82 Å². The highest BCUT2D eigenvalue weighted by Crippen LogP contribution is 2.21. The molecule has 3 rings (SSSR count). The number of aryl methyl sites for hydroxylation is 1. The minimum atomic E-state index is -0.750. The minimum Gasteiger partial charge on any atom is -0.337 e. The van der Waals surface area contributed by atoms with Crippen molar-refractivity contribution >= 4 is 17.6 Å². The van der Waals surface area contributed by atoms with Crippen molar-refractivity contribution in [2.45, 2.75) is 13.0 Å². The van der Waals surface area contributed by atoms with Gasteiger partial charge in [0.25, 0.3) is 0 Å². The first-order valence-corrected chi connectivity index (χ1v) is 8.28. The first-order valence-electron chi connectivity index (χ1n) is 8.28. The summed E-state index contributed by atoms with van der Waals surface area (Å²) in [6.07, 6.45) is 1.58. The number of hydrogen-bond acceptors (Lipinski definition) is 3. The van der Waals surface area contributed by atoms with Crippen molar-refractivity contribution in [1.82, 2.24) is 10.3 Å². The minimum absolute atomic E-state index is 0.348. The van der Waals surface area contributed by atoms with Crippen molar-refractivity contribution in [2.24, 2.45) is 0 Å². The lowest BCUT2D eigenvalue weighted by atomic mass is 9.99. The molecular weight excluding hydrogens is 326 g/mol. The third kappa shape index (κ3) is 4.33. The van der Waals surface area contributed by atoms with Crippen molar-refractivity contribution in [3.8, 4) is 0 Å². The molecule has 0 radical (unpaired) electrons. The lowest BCUT2D eigenvalue weighted by Crippen LogP contribution is -2.38. The number of benzene rings is 2. The third-order valence-electron chi connectivity index (χ3n) is 3.90. The maximum absolute atomic E-state index is 12.4. The molecule has 5 nitrogen and oxygen atoms in total. The summed E-state index contributed by atoms with van der Waals surface area (Å²) in [4.78, 5) is 28.7. The van der Waals surface area contributed by atoms with Gasteiger partial charge in [-0.3, -0.25) is 9.59 Å². The SMILES string of the molecule is Cc1ccnc(NC(=O)C(=O)NC(c2ccccc2)c2ccccc2)c1. The summed E-state index contributed by atoms with van der Waals surface area (Å²) in [6, 6.07) is 22.2. The molecule has 2 N–H and O–H groups in total. The third-order valence-corrected chi connectivity index (χ3v) is 3.90. The van der Waals surface area contributed by atoms with Crippen LogP contribution in [-0.2, 0) is 9.59 Å². The molecule has 130 valence electrons. The number of nitrogens with zero attached hydrogens (tertiary/aromatic N) is 1.